The molecule has 7 heteroatoms. The van der Waals surface area contributed by atoms with Gasteiger partial charge in [0, 0.05) is 30.5 Å². The summed E-state index contributed by atoms with van der Waals surface area (Å²) in [6.45, 7) is 15.2. The minimum atomic E-state index is 0.144. The minimum absolute atomic E-state index is 0.144. The summed E-state index contributed by atoms with van der Waals surface area (Å²) in [4.78, 5) is 26.4. The van der Waals surface area contributed by atoms with Crippen LogP contribution in [0, 0.1) is 0 Å². The zero-order valence-electron chi connectivity index (χ0n) is 27.5. The van der Waals surface area contributed by atoms with E-state index in [2.05, 4.69) is 95.5 Å². The zero-order chi connectivity index (χ0) is 32.8. The van der Waals surface area contributed by atoms with Gasteiger partial charge in [-0.05, 0) is 107 Å². The van der Waals surface area contributed by atoms with Gasteiger partial charge in [-0.3, -0.25) is 9.98 Å². The lowest BCUT2D eigenvalue weighted by atomic mass is 9.99. The van der Waals surface area contributed by atoms with Crippen LogP contribution in [0.15, 0.2) is 121 Å². The van der Waals surface area contributed by atoms with E-state index in [9.17, 15) is 0 Å². The summed E-state index contributed by atoms with van der Waals surface area (Å²) in [5, 5.41) is 3.29. The van der Waals surface area contributed by atoms with Gasteiger partial charge in [-0.15, -0.1) is 6.58 Å². The number of nitrogens with one attached hydrogen (secondary N) is 1. The first kappa shape index (κ1) is 33.2. The normalized spacial score (nSPS) is 11.6. The number of hydrogen-bond donors (Lipinski definition) is 1. The molecule has 0 aliphatic rings. The van der Waals surface area contributed by atoms with Crippen molar-refractivity contribution < 1.29 is 0 Å². The van der Waals surface area contributed by atoms with Crippen molar-refractivity contribution in [1.82, 2.24) is 25.3 Å². The lowest BCUT2D eigenvalue weighted by molar-refractivity contribution is 0.501. The monoisotopic (exact) mass is 623 g/mol. The highest BCUT2D eigenvalue weighted by Crippen LogP contribution is 2.31. The van der Waals surface area contributed by atoms with E-state index in [0.717, 1.165) is 96.7 Å². The van der Waals surface area contributed by atoms with Crippen molar-refractivity contribution in [3.63, 3.8) is 0 Å². The highest BCUT2D eigenvalue weighted by atomic mass is 15.2. The molecule has 3 heterocycles. The third-order valence-electron chi connectivity index (χ3n) is 8.36. The number of fused-ring (bicyclic) bond motifs is 1. The van der Waals surface area contributed by atoms with E-state index in [1.165, 1.54) is 11.1 Å². The topological polar surface area (TPSA) is 79.2 Å². The van der Waals surface area contributed by atoms with Crippen LogP contribution >= 0.6 is 0 Å². The molecule has 0 amide bonds. The molecule has 0 saturated carbocycles. The Hall–Kier alpha value is -5.17. The van der Waals surface area contributed by atoms with E-state index in [-0.39, 0.29) is 6.04 Å². The zero-order valence-corrected chi connectivity index (χ0v) is 27.5. The molecule has 0 fully saturated rings. The molecule has 5 rings (SSSR count). The molecule has 1 atom stereocenters. The van der Waals surface area contributed by atoms with Crippen molar-refractivity contribution in [3.05, 3.63) is 133 Å². The van der Waals surface area contributed by atoms with Crippen molar-refractivity contribution in [2.24, 2.45) is 4.99 Å². The number of aryl methyl sites for hydroxylation is 2. The van der Waals surface area contributed by atoms with Crippen LogP contribution in [0.2, 0.25) is 0 Å². The third kappa shape index (κ3) is 9.19. The van der Waals surface area contributed by atoms with Crippen LogP contribution < -0.4 is 10.2 Å². The Morgan fingerprint density at radius 1 is 0.894 bits per heavy atom. The maximum absolute atomic E-state index is 5.22. The lowest BCUT2D eigenvalue weighted by Crippen LogP contribution is -2.38. The standard InChI is InChI=1S/C40H45N7/c1-5-42-27-24-34(47(29-33-17-11-12-25-43-33)40-37(41-4)19-13-26-44-40)22-20-31-21-23-35-38(28-31)45-36(18-10-9-14-30(2)3)39(46-35)32-15-7-6-8-16-32/h5-8,11-13,15-17,19,21,23,25-26,28,34,42H,1-2,4,9-10,14,18,20,22,24,27,29H2,3H3. The van der Waals surface area contributed by atoms with Crippen LogP contribution in [-0.2, 0) is 19.4 Å². The second kappa shape index (κ2) is 16.9. The molecular weight excluding hydrogens is 578 g/mol. The second-order valence-corrected chi connectivity index (χ2v) is 12.0. The van der Waals surface area contributed by atoms with Gasteiger partial charge in [-0.25, -0.2) is 15.0 Å². The number of pyridine rings is 2. The van der Waals surface area contributed by atoms with Crippen LogP contribution in [0.25, 0.3) is 22.3 Å². The van der Waals surface area contributed by atoms with Gasteiger partial charge in [0.2, 0.25) is 0 Å². The van der Waals surface area contributed by atoms with E-state index >= 15 is 0 Å². The number of rotatable bonds is 18. The van der Waals surface area contributed by atoms with Gasteiger partial charge < -0.3 is 10.2 Å². The maximum Gasteiger partial charge on any atom is 0.155 e. The fourth-order valence-corrected chi connectivity index (χ4v) is 5.93. The molecule has 1 unspecified atom stereocenters. The first-order valence-corrected chi connectivity index (χ1v) is 16.5. The maximum atomic E-state index is 5.22. The van der Waals surface area contributed by atoms with Gasteiger partial charge in [0.25, 0.3) is 0 Å². The Kier molecular flexibility index (Phi) is 12.0. The van der Waals surface area contributed by atoms with Crippen molar-refractivity contribution in [1.29, 1.82) is 0 Å². The van der Waals surface area contributed by atoms with E-state index < -0.39 is 0 Å². The fraction of sp³-hybridized carbons (Fsp3) is 0.275. The van der Waals surface area contributed by atoms with Crippen LogP contribution in [0.3, 0.4) is 0 Å². The molecule has 3 aromatic heterocycles. The number of aliphatic imine (C=N–C) groups is 1. The molecule has 1 N–H and O–H groups in total. The molecule has 7 nitrogen and oxygen atoms in total. The number of unbranched alkanes of at least 4 members (excludes halogenated alkanes) is 1. The largest absolute Gasteiger partial charge is 0.391 e. The summed E-state index contributed by atoms with van der Waals surface area (Å²) >= 11 is 0. The Bertz CT molecular complexity index is 1770. The average Bonchev–Trinajstić information content (AvgIpc) is 3.11. The van der Waals surface area contributed by atoms with Gasteiger partial charge in [0.1, 0.15) is 5.69 Å². The first-order chi connectivity index (χ1) is 23.1. The Morgan fingerprint density at radius 3 is 2.49 bits per heavy atom. The van der Waals surface area contributed by atoms with Crippen molar-refractivity contribution in [2.45, 2.75) is 64.5 Å². The number of hydrogen-bond acceptors (Lipinski definition) is 7. The summed E-state index contributed by atoms with van der Waals surface area (Å²) in [7, 11) is 0. The molecule has 0 spiro atoms. The van der Waals surface area contributed by atoms with Crippen LogP contribution in [0.1, 0.15) is 56.0 Å². The molecule has 5 aromatic rings. The minimum Gasteiger partial charge on any atom is -0.391 e. The predicted molar refractivity (Wildman–Crippen MR) is 196 cm³/mol. The van der Waals surface area contributed by atoms with Crippen molar-refractivity contribution in [2.75, 3.05) is 11.4 Å². The summed E-state index contributed by atoms with van der Waals surface area (Å²) in [6.07, 6.45) is 12.1. The van der Waals surface area contributed by atoms with Crippen LogP contribution in [0.4, 0.5) is 11.5 Å². The van der Waals surface area contributed by atoms with Gasteiger partial charge in [-0.2, -0.15) is 0 Å². The number of allylic oxidation sites excluding steroid dienone is 1. The van der Waals surface area contributed by atoms with E-state index in [0.29, 0.717) is 6.54 Å². The van der Waals surface area contributed by atoms with E-state index in [1.54, 1.807) is 6.20 Å². The lowest BCUT2D eigenvalue weighted by Gasteiger charge is -2.33. The Balaban J connectivity index is 1.44. The summed E-state index contributed by atoms with van der Waals surface area (Å²) < 4.78 is 0. The number of aromatic nitrogens is 4. The number of anilines is 1. The molecule has 47 heavy (non-hydrogen) atoms. The molecule has 0 radical (unpaired) electrons. The second-order valence-electron chi connectivity index (χ2n) is 12.0. The smallest absolute Gasteiger partial charge is 0.155 e. The highest BCUT2D eigenvalue weighted by molar-refractivity contribution is 5.79. The summed E-state index contributed by atoms with van der Waals surface area (Å²) in [6, 6.07) is 26.9. The third-order valence-corrected chi connectivity index (χ3v) is 8.36. The summed E-state index contributed by atoms with van der Waals surface area (Å²) in [5.74, 6) is 0.811. The first-order valence-electron chi connectivity index (χ1n) is 16.5. The van der Waals surface area contributed by atoms with Crippen molar-refractivity contribution >= 4 is 29.3 Å². The van der Waals surface area contributed by atoms with E-state index in [1.807, 2.05) is 42.7 Å². The van der Waals surface area contributed by atoms with Gasteiger partial charge in [-0.1, -0.05) is 54.6 Å². The Morgan fingerprint density at radius 2 is 1.72 bits per heavy atom. The van der Waals surface area contributed by atoms with Crippen molar-refractivity contribution in [3.8, 4) is 11.3 Å². The molecule has 0 aliphatic heterocycles. The highest BCUT2D eigenvalue weighted by Gasteiger charge is 2.23. The van der Waals surface area contributed by atoms with Crippen LogP contribution in [0.5, 0.6) is 0 Å². The quantitative estimate of drug-likeness (QED) is 0.0597. The molecule has 2 aromatic carbocycles. The predicted octanol–water partition coefficient (Wildman–Crippen LogP) is 8.84. The molecular formula is C40H45N7. The SMILES string of the molecule is C=CNCCC(CCc1ccc2nc(-c3ccccc3)c(CCCCC(=C)C)nc2c1)N(Cc1ccccn1)c1ncccc1N=C. The average molecular weight is 624 g/mol. The van der Waals surface area contributed by atoms with Crippen LogP contribution in [-0.4, -0.2) is 39.2 Å². The molecule has 240 valence electrons. The molecule has 0 bridgehead atoms. The van der Waals surface area contributed by atoms with Gasteiger partial charge in [0.05, 0.1) is 34.7 Å². The van der Waals surface area contributed by atoms with E-state index in [4.69, 9.17) is 15.0 Å². The Labute approximate surface area is 279 Å². The number of benzene rings is 2. The van der Waals surface area contributed by atoms with Gasteiger partial charge in [0.15, 0.2) is 5.82 Å². The fourth-order valence-electron chi connectivity index (χ4n) is 5.93. The number of nitrogens with zero attached hydrogens (tertiary/aromatic N) is 6. The summed E-state index contributed by atoms with van der Waals surface area (Å²) in [5.41, 5.74) is 9.17. The molecule has 0 saturated heterocycles. The molecule has 0 aliphatic carbocycles. The van der Waals surface area contributed by atoms with Gasteiger partial charge >= 0.3 is 0 Å².